The van der Waals surface area contributed by atoms with Crippen molar-refractivity contribution in [2.24, 2.45) is 5.92 Å². The molecule has 2 aliphatic carbocycles. The topological polar surface area (TPSA) is 46.6 Å². The SMILES string of the molecule is CCC(=O)N(CC1CC1)C1(C(=O)OC(C)(C)C)CCCCC1. The molecule has 4 nitrogen and oxygen atoms in total. The fourth-order valence-corrected chi connectivity index (χ4v) is 3.36. The largest absolute Gasteiger partial charge is 0.458 e. The lowest BCUT2D eigenvalue weighted by Gasteiger charge is -2.45. The molecule has 2 saturated carbocycles. The molecule has 0 aliphatic heterocycles. The van der Waals surface area contributed by atoms with Gasteiger partial charge in [-0.05, 0) is 52.4 Å². The predicted octanol–water partition coefficient (Wildman–Crippen LogP) is 3.68. The van der Waals surface area contributed by atoms with Crippen molar-refractivity contribution in [1.82, 2.24) is 4.90 Å². The number of esters is 1. The van der Waals surface area contributed by atoms with Crippen LogP contribution in [0, 0.1) is 5.92 Å². The molecule has 0 aromatic rings. The summed E-state index contributed by atoms with van der Waals surface area (Å²) in [6.07, 6.45) is 7.45. The Morgan fingerprint density at radius 2 is 1.73 bits per heavy atom. The van der Waals surface area contributed by atoms with Gasteiger partial charge in [-0.15, -0.1) is 0 Å². The molecule has 0 unspecified atom stereocenters. The summed E-state index contributed by atoms with van der Waals surface area (Å²) < 4.78 is 5.73. The highest BCUT2D eigenvalue weighted by Gasteiger charge is 2.50. The quantitative estimate of drug-likeness (QED) is 0.728. The normalized spacial score (nSPS) is 21.3. The Morgan fingerprint density at radius 1 is 1.14 bits per heavy atom. The van der Waals surface area contributed by atoms with Gasteiger partial charge in [-0.3, -0.25) is 4.79 Å². The van der Waals surface area contributed by atoms with Gasteiger partial charge in [-0.2, -0.15) is 0 Å². The zero-order valence-electron chi connectivity index (χ0n) is 14.6. The van der Waals surface area contributed by atoms with Gasteiger partial charge in [-0.1, -0.05) is 26.2 Å². The number of rotatable bonds is 5. The number of carbonyl (C=O) groups is 2. The average molecular weight is 309 g/mol. The van der Waals surface area contributed by atoms with Crippen molar-refractivity contribution >= 4 is 11.9 Å². The number of hydrogen-bond acceptors (Lipinski definition) is 3. The lowest BCUT2D eigenvalue weighted by atomic mass is 9.79. The second-order valence-corrected chi connectivity index (χ2v) is 7.90. The summed E-state index contributed by atoms with van der Waals surface area (Å²) in [6, 6.07) is 0. The summed E-state index contributed by atoms with van der Waals surface area (Å²) in [5.41, 5.74) is -1.23. The molecule has 2 fully saturated rings. The fraction of sp³-hybridized carbons (Fsp3) is 0.889. The standard InChI is InChI=1S/C18H31NO3/c1-5-15(20)19(13-14-9-10-14)18(11-7-6-8-12-18)16(21)22-17(2,3)4/h14H,5-13H2,1-4H3. The van der Waals surface area contributed by atoms with Crippen LogP contribution in [0.15, 0.2) is 0 Å². The summed E-state index contributed by atoms with van der Waals surface area (Å²) in [5, 5.41) is 0. The molecule has 2 rings (SSSR count). The van der Waals surface area contributed by atoms with Gasteiger partial charge in [0.25, 0.3) is 0 Å². The van der Waals surface area contributed by atoms with Crippen molar-refractivity contribution in [2.75, 3.05) is 6.54 Å². The molecule has 0 aromatic heterocycles. The highest BCUT2D eigenvalue weighted by Crippen LogP contribution is 2.40. The summed E-state index contributed by atoms with van der Waals surface area (Å²) in [4.78, 5) is 27.4. The van der Waals surface area contributed by atoms with E-state index in [1.54, 1.807) is 0 Å². The van der Waals surface area contributed by atoms with Crippen molar-refractivity contribution in [3.8, 4) is 0 Å². The van der Waals surface area contributed by atoms with E-state index < -0.39 is 11.1 Å². The maximum absolute atomic E-state index is 13.0. The van der Waals surface area contributed by atoms with Gasteiger partial charge in [-0.25, -0.2) is 4.79 Å². The molecule has 0 radical (unpaired) electrons. The molecule has 0 heterocycles. The van der Waals surface area contributed by atoms with Crippen LogP contribution in [0.3, 0.4) is 0 Å². The highest BCUT2D eigenvalue weighted by atomic mass is 16.6. The van der Waals surface area contributed by atoms with Gasteiger partial charge < -0.3 is 9.64 Å². The van der Waals surface area contributed by atoms with E-state index in [0.29, 0.717) is 12.3 Å². The van der Waals surface area contributed by atoms with E-state index in [-0.39, 0.29) is 11.9 Å². The van der Waals surface area contributed by atoms with E-state index in [9.17, 15) is 9.59 Å². The number of amides is 1. The van der Waals surface area contributed by atoms with Crippen LogP contribution >= 0.6 is 0 Å². The first kappa shape index (κ1) is 17.3. The summed E-state index contributed by atoms with van der Waals surface area (Å²) in [7, 11) is 0. The monoisotopic (exact) mass is 309 g/mol. The van der Waals surface area contributed by atoms with Crippen molar-refractivity contribution in [2.45, 2.75) is 90.2 Å². The average Bonchev–Trinajstić information content (AvgIpc) is 3.27. The van der Waals surface area contributed by atoms with Gasteiger partial charge in [0.05, 0.1) is 0 Å². The molecule has 0 spiro atoms. The second-order valence-electron chi connectivity index (χ2n) is 7.90. The molecule has 22 heavy (non-hydrogen) atoms. The number of ether oxygens (including phenoxy) is 1. The Kier molecular flexibility index (Phi) is 5.18. The third-order valence-corrected chi connectivity index (χ3v) is 4.72. The highest BCUT2D eigenvalue weighted by molar-refractivity contribution is 5.88. The van der Waals surface area contributed by atoms with Crippen molar-refractivity contribution < 1.29 is 14.3 Å². The van der Waals surface area contributed by atoms with Crippen molar-refractivity contribution in [3.05, 3.63) is 0 Å². The van der Waals surface area contributed by atoms with Gasteiger partial charge in [0.15, 0.2) is 0 Å². The summed E-state index contributed by atoms with van der Waals surface area (Å²) in [5.74, 6) is 0.485. The van der Waals surface area contributed by atoms with Crippen molar-refractivity contribution in [3.63, 3.8) is 0 Å². The lowest BCUT2D eigenvalue weighted by Crippen LogP contribution is -2.60. The molecule has 0 aromatic carbocycles. The van der Waals surface area contributed by atoms with Crippen LogP contribution in [0.2, 0.25) is 0 Å². The van der Waals surface area contributed by atoms with Crippen LogP contribution in [-0.2, 0) is 14.3 Å². The van der Waals surface area contributed by atoms with Gasteiger partial charge >= 0.3 is 5.97 Å². The van der Waals surface area contributed by atoms with E-state index >= 15 is 0 Å². The molecule has 0 N–H and O–H groups in total. The first-order valence-electron chi connectivity index (χ1n) is 8.82. The Labute approximate surface area is 134 Å². The summed E-state index contributed by atoms with van der Waals surface area (Å²) in [6.45, 7) is 8.30. The van der Waals surface area contributed by atoms with Gasteiger partial charge in [0.1, 0.15) is 11.1 Å². The Hall–Kier alpha value is -1.06. The minimum absolute atomic E-state index is 0.0969. The maximum Gasteiger partial charge on any atom is 0.332 e. The lowest BCUT2D eigenvalue weighted by molar-refractivity contribution is -0.177. The number of carbonyl (C=O) groups excluding carboxylic acids is 2. The Balaban J connectivity index is 2.27. The maximum atomic E-state index is 13.0. The molecular formula is C18H31NO3. The Morgan fingerprint density at radius 3 is 2.18 bits per heavy atom. The molecule has 1 amide bonds. The zero-order chi connectivity index (χ0) is 16.4. The first-order chi connectivity index (χ1) is 10.3. The van der Waals surface area contributed by atoms with Crippen LogP contribution in [0.1, 0.15) is 79.1 Å². The zero-order valence-corrected chi connectivity index (χ0v) is 14.6. The van der Waals surface area contributed by atoms with E-state index in [4.69, 9.17) is 4.74 Å². The summed E-state index contributed by atoms with van der Waals surface area (Å²) >= 11 is 0. The molecule has 0 bridgehead atoms. The Bertz CT molecular complexity index is 415. The first-order valence-corrected chi connectivity index (χ1v) is 8.82. The molecule has 2 aliphatic rings. The fourth-order valence-electron chi connectivity index (χ4n) is 3.36. The number of hydrogen-bond donors (Lipinski definition) is 0. The minimum atomic E-state index is -0.721. The van der Waals surface area contributed by atoms with Gasteiger partial charge in [0.2, 0.25) is 5.91 Å². The molecule has 0 atom stereocenters. The van der Waals surface area contributed by atoms with E-state index in [2.05, 4.69) is 0 Å². The van der Waals surface area contributed by atoms with Crippen LogP contribution in [0.25, 0.3) is 0 Å². The van der Waals surface area contributed by atoms with Gasteiger partial charge in [0, 0.05) is 13.0 Å². The third kappa shape index (κ3) is 4.02. The number of nitrogens with zero attached hydrogens (tertiary/aromatic N) is 1. The van der Waals surface area contributed by atoms with Crippen LogP contribution in [-0.4, -0.2) is 34.5 Å². The molecule has 0 saturated heterocycles. The van der Waals surface area contributed by atoms with Crippen LogP contribution < -0.4 is 0 Å². The van der Waals surface area contributed by atoms with E-state index in [1.165, 1.54) is 12.8 Å². The molecule has 126 valence electrons. The minimum Gasteiger partial charge on any atom is -0.458 e. The van der Waals surface area contributed by atoms with E-state index in [1.807, 2.05) is 32.6 Å². The van der Waals surface area contributed by atoms with E-state index in [0.717, 1.165) is 38.6 Å². The predicted molar refractivity (Wildman–Crippen MR) is 86.4 cm³/mol. The van der Waals surface area contributed by atoms with Crippen LogP contribution in [0.5, 0.6) is 0 Å². The molecular weight excluding hydrogens is 278 g/mol. The molecule has 4 heteroatoms. The van der Waals surface area contributed by atoms with Crippen molar-refractivity contribution in [1.29, 1.82) is 0 Å². The third-order valence-electron chi connectivity index (χ3n) is 4.72. The smallest absolute Gasteiger partial charge is 0.332 e. The second kappa shape index (κ2) is 6.59. The van der Waals surface area contributed by atoms with Crippen LogP contribution in [0.4, 0.5) is 0 Å².